The van der Waals surface area contributed by atoms with Crippen LogP contribution in [0.15, 0.2) is 4.34 Å². The Balaban J connectivity index is 2.99. The molecule has 1 amide bonds. The summed E-state index contributed by atoms with van der Waals surface area (Å²) in [5.41, 5.74) is -0.708. The van der Waals surface area contributed by atoms with Crippen molar-refractivity contribution in [3.63, 3.8) is 0 Å². The van der Waals surface area contributed by atoms with Crippen molar-refractivity contribution in [1.82, 2.24) is 14.9 Å². The van der Waals surface area contributed by atoms with Gasteiger partial charge in [-0.3, -0.25) is 4.79 Å². The van der Waals surface area contributed by atoms with E-state index in [1.54, 1.807) is 0 Å². The van der Waals surface area contributed by atoms with Crippen molar-refractivity contribution < 1.29 is 13.2 Å². The summed E-state index contributed by atoms with van der Waals surface area (Å²) in [6.45, 7) is 5.02. The summed E-state index contributed by atoms with van der Waals surface area (Å²) in [5.74, 6) is -0.174. The fourth-order valence-corrected chi connectivity index (χ4v) is 4.47. The molecule has 0 aliphatic carbocycles. The highest BCUT2D eigenvalue weighted by Crippen LogP contribution is 2.24. The molecule has 0 aliphatic rings. The third kappa shape index (κ3) is 4.11. The van der Waals surface area contributed by atoms with Gasteiger partial charge >= 0.3 is 0 Å². The Morgan fingerprint density at radius 2 is 1.95 bits per heavy atom. The van der Waals surface area contributed by atoms with E-state index in [2.05, 4.69) is 20.2 Å². The number of nitrogens with one attached hydrogen (secondary N) is 2. The quantitative estimate of drug-likeness (QED) is 0.579. The molecule has 0 radical (unpaired) electrons. The van der Waals surface area contributed by atoms with E-state index < -0.39 is 15.6 Å². The van der Waals surface area contributed by atoms with E-state index in [-0.39, 0.29) is 21.3 Å². The van der Waals surface area contributed by atoms with Gasteiger partial charge in [-0.15, -0.1) is 21.8 Å². The maximum atomic E-state index is 12.2. The largest absolute Gasteiger partial charge is 0.301 e. The lowest BCUT2D eigenvalue weighted by atomic mass is 9.97. The van der Waals surface area contributed by atoms with E-state index in [0.717, 1.165) is 11.3 Å². The van der Waals surface area contributed by atoms with Crippen molar-refractivity contribution in [2.75, 3.05) is 11.2 Å². The normalized spacial score (nSPS) is 12.4. The number of alkyl halides is 1. The van der Waals surface area contributed by atoms with Crippen LogP contribution in [0.4, 0.5) is 5.13 Å². The van der Waals surface area contributed by atoms with E-state index >= 15 is 0 Å². The maximum absolute atomic E-state index is 12.2. The number of hydrogen-bond acceptors (Lipinski definition) is 6. The minimum Gasteiger partial charge on any atom is -0.301 e. The molecule has 1 aromatic heterocycles. The molecule has 0 saturated heterocycles. The summed E-state index contributed by atoms with van der Waals surface area (Å²) in [4.78, 5) is 10.9. The zero-order chi connectivity index (χ0) is 15.4. The van der Waals surface area contributed by atoms with Gasteiger partial charge in [0.15, 0.2) is 0 Å². The van der Waals surface area contributed by atoms with Crippen LogP contribution in [0.5, 0.6) is 0 Å². The van der Waals surface area contributed by atoms with Crippen LogP contribution in [-0.4, -0.2) is 35.9 Å². The average molecular weight is 341 g/mol. The van der Waals surface area contributed by atoms with Crippen LogP contribution in [0.1, 0.15) is 33.6 Å². The molecule has 0 aromatic carbocycles. The third-order valence-corrected chi connectivity index (χ3v) is 6.18. The van der Waals surface area contributed by atoms with Gasteiger partial charge < -0.3 is 5.32 Å². The molecular formula is C10H17ClN4O3S2. The van der Waals surface area contributed by atoms with Crippen molar-refractivity contribution in [1.29, 1.82) is 0 Å². The standard InChI is InChI=1S/C10H17ClN4O3S2/c1-4-10(5-2,6-11)15-20(17,18)9-14-13-8(19-9)12-7(3)16/h15H,4-6H2,1-3H3,(H,12,13,16). The van der Waals surface area contributed by atoms with Crippen LogP contribution in [0, 0.1) is 0 Å². The Morgan fingerprint density at radius 3 is 2.40 bits per heavy atom. The number of halogens is 1. The van der Waals surface area contributed by atoms with Crippen LogP contribution < -0.4 is 10.0 Å². The Labute approximate surface area is 127 Å². The molecule has 0 saturated carbocycles. The second-order valence-corrected chi connectivity index (χ2v) is 7.38. The molecule has 7 nitrogen and oxygen atoms in total. The number of hydrogen-bond donors (Lipinski definition) is 2. The van der Waals surface area contributed by atoms with Gasteiger partial charge in [-0.2, -0.15) is 0 Å². The molecule has 0 unspecified atom stereocenters. The number of anilines is 1. The predicted molar refractivity (Wildman–Crippen MR) is 78.6 cm³/mol. The lowest BCUT2D eigenvalue weighted by Gasteiger charge is -2.29. The molecule has 10 heteroatoms. The lowest BCUT2D eigenvalue weighted by Crippen LogP contribution is -2.49. The van der Waals surface area contributed by atoms with E-state index in [0.29, 0.717) is 12.8 Å². The molecule has 1 aromatic rings. The maximum Gasteiger partial charge on any atom is 0.270 e. The van der Waals surface area contributed by atoms with Gasteiger partial charge in [0.1, 0.15) is 0 Å². The highest BCUT2D eigenvalue weighted by Gasteiger charge is 2.33. The van der Waals surface area contributed by atoms with Gasteiger partial charge in [0.25, 0.3) is 10.0 Å². The Morgan fingerprint density at radius 1 is 1.35 bits per heavy atom. The van der Waals surface area contributed by atoms with Gasteiger partial charge in [-0.1, -0.05) is 25.2 Å². The van der Waals surface area contributed by atoms with Crippen LogP contribution in [-0.2, 0) is 14.8 Å². The highest BCUT2D eigenvalue weighted by molar-refractivity contribution is 7.91. The molecule has 0 fully saturated rings. The molecule has 0 spiro atoms. The monoisotopic (exact) mass is 340 g/mol. The fourth-order valence-electron chi connectivity index (χ4n) is 1.46. The minimum absolute atomic E-state index is 0.141. The molecule has 0 atom stereocenters. The topological polar surface area (TPSA) is 101 Å². The number of carbonyl (C=O) groups excluding carboxylic acids is 1. The summed E-state index contributed by atoms with van der Waals surface area (Å²) in [5, 5.41) is 9.73. The van der Waals surface area contributed by atoms with Crippen LogP contribution in [0.3, 0.4) is 0 Å². The van der Waals surface area contributed by atoms with E-state index in [1.165, 1.54) is 6.92 Å². The second-order valence-electron chi connectivity index (χ2n) is 4.28. The number of nitrogens with zero attached hydrogens (tertiary/aromatic N) is 2. The molecule has 1 heterocycles. The summed E-state index contributed by atoms with van der Waals surface area (Å²) in [6, 6.07) is 0. The van der Waals surface area contributed by atoms with Gasteiger partial charge in [-0.25, -0.2) is 13.1 Å². The lowest BCUT2D eigenvalue weighted by molar-refractivity contribution is -0.114. The van der Waals surface area contributed by atoms with E-state index in [4.69, 9.17) is 11.6 Å². The molecule has 20 heavy (non-hydrogen) atoms. The molecule has 114 valence electrons. The molecule has 2 N–H and O–H groups in total. The van der Waals surface area contributed by atoms with Crippen LogP contribution in [0.25, 0.3) is 0 Å². The first kappa shape index (κ1) is 17.3. The van der Waals surface area contributed by atoms with Gasteiger partial charge in [0, 0.05) is 18.3 Å². The number of rotatable bonds is 7. The molecule has 0 bridgehead atoms. The van der Waals surface area contributed by atoms with Gasteiger partial charge in [0.05, 0.1) is 0 Å². The van der Waals surface area contributed by atoms with Crippen LogP contribution >= 0.6 is 22.9 Å². The second kappa shape index (κ2) is 6.79. The predicted octanol–water partition coefficient (Wildman–Crippen LogP) is 1.57. The molecule has 0 aliphatic heterocycles. The smallest absolute Gasteiger partial charge is 0.270 e. The SMILES string of the molecule is CCC(CC)(CCl)NS(=O)(=O)c1nnc(NC(C)=O)s1. The van der Waals surface area contributed by atoms with E-state index in [1.807, 2.05) is 13.8 Å². The zero-order valence-corrected chi connectivity index (χ0v) is 13.8. The molecular weight excluding hydrogens is 324 g/mol. The number of amides is 1. The van der Waals surface area contributed by atoms with Gasteiger partial charge in [-0.05, 0) is 12.8 Å². The fraction of sp³-hybridized carbons (Fsp3) is 0.700. The Hall–Kier alpha value is -0.770. The Kier molecular flexibility index (Phi) is 5.87. The van der Waals surface area contributed by atoms with E-state index in [9.17, 15) is 13.2 Å². The average Bonchev–Trinajstić information content (AvgIpc) is 2.84. The minimum atomic E-state index is -3.81. The highest BCUT2D eigenvalue weighted by atomic mass is 35.5. The number of aromatic nitrogens is 2. The third-order valence-electron chi connectivity index (χ3n) is 2.88. The summed E-state index contributed by atoms with van der Waals surface area (Å²) in [6.07, 6.45) is 1.12. The summed E-state index contributed by atoms with van der Waals surface area (Å²) < 4.78 is 26.9. The summed E-state index contributed by atoms with van der Waals surface area (Å²) >= 11 is 6.67. The van der Waals surface area contributed by atoms with Crippen molar-refractivity contribution >= 4 is 44.0 Å². The van der Waals surface area contributed by atoms with Crippen molar-refractivity contribution in [3.8, 4) is 0 Å². The molecule has 1 rings (SSSR count). The van der Waals surface area contributed by atoms with Crippen molar-refractivity contribution in [2.45, 2.75) is 43.5 Å². The Bertz CT molecular complexity index is 561. The van der Waals surface area contributed by atoms with Crippen LogP contribution in [0.2, 0.25) is 0 Å². The van der Waals surface area contributed by atoms with Gasteiger partial charge in [0.2, 0.25) is 15.4 Å². The number of carbonyl (C=O) groups is 1. The number of sulfonamides is 1. The first-order valence-electron chi connectivity index (χ1n) is 5.99. The van der Waals surface area contributed by atoms with Crippen molar-refractivity contribution in [2.24, 2.45) is 0 Å². The first-order chi connectivity index (χ1) is 9.28. The first-order valence-corrected chi connectivity index (χ1v) is 8.83. The zero-order valence-electron chi connectivity index (χ0n) is 11.4. The van der Waals surface area contributed by atoms with Crippen molar-refractivity contribution in [3.05, 3.63) is 0 Å². The summed E-state index contributed by atoms with van der Waals surface area (Å²) in [7, 11) is -3.81.